The predicted molar refractivity (Wildman–Crippen MR) is 90.8 cm³/mol. The van der Waals surface area contributed by atoms with Gasteiger partial charge in [0, 0.05) is 17.9 Å². The van der Waals surface area contributed by atoms with Gasteiger partial charge >= 0.3 is 0 Å². The zero-order valence-electron chi connectivity index (χ0n) is 13.8. The van der Waals surface area contributed by atoms with E-state index in [1.54, 1.807) is 0 Å². The zero-order valence-corrected chi connectivity index (χ0v) is 13.8. The molecule has 0 saturated carbocycles. The molecule has 0 bridgehead atoms. The Morgan fingerprint density at radius 1 is 1.14 bits per heavy atom. The average molecular weight is 284 g/mol. The van der Waals surface area contributed by atoms with Gasteiger partial charge in [0.25, 0.3) is 0 Å². The van der Waals surface area contributed by atoms with Gasteiger partial charge in [-0.15, -0.1) is 0 Å². The molecule has 0 radical (unpaired) electrons. The van der Waals surface area contributed by atoms with Crippen LogP contribution >= 0.6 is 0 Å². The number of unbranched alkanes of at least 4 members (excludes halogenated alkanes) is 1. The van der Waals surface area contributed by atoms with Gasteiger partial charge in [0.1, 0.15) is 0 Å². The summed E-state index contributed by atoms with van der Waals surface area (Å²) >= 11 is 0. The van der Waals surface area contributed by atoms with Crippen molar-refractivity contribution in [3.8, 4) is 0 Å². The summed E-state index contributed by atoms with van der Waals surface area (Å²) in [5, 5.41) is 3.55. The Hall–Kier alpha value is -1.54. The van der Waals surface area contributed by atoms with Crippen molar-refractivity contribution >= 4 is 0 Å². The topological polar surface area (TPSA) is 17.0 Å². The van der Waals surface area contributed by atoms with E-state index in [1.165, 1.54) is 35.4 Å². The Morgan fingerprint density at radius 2 is 1.86 bits per heavy atom. The molecule has 21 heavy (non-hydrogen) atoms. The monoisotopic (exact) mass is 284 g/mol. The lowest BCUT2D eigenvalue weighted by molar-refractivity contribution is 0.600. The van der Waals surface area contributed by atoms with Crippen LogP contribution in [0.1, 0.15) is 55.2 Å². The molecule has 0 unspecified atom stereocenters. The van der Waals surface area contributed by atoms with Crippen molar-refractivity contribution in [2.45, 2.75) is 53.1 Å². The van der Waals surface area contributed by atoms with Crippen LogP contribution in [0.4, 0.5) is 0 Å². The lowest BCUT2D eigenvalue weighted by Crippen LogP contribution is -2.15. The summed E-state index contributed by atoms with van der Waals surface area (Å²) in [7, 11) is 0. The first-order valence-corrected chi connectivity index (χ1v) is 8.08. The second kappa shape index (κ2) is 7.46. The number of rotatable bonds is 7. The number of hydrogen-bond donors (Lipinski definition) is 1. The first-order valence-electron chi connectivity index (χ1n) is 8.08. The lowest BCUT2D eigenvalue weighted by Gasteiger charge is -2.19. The van der Waals surface area contributed by atoms with Crippen molar-refractivity contribution in [3.05, 3.63) is 58.9 Å². The largest absolute Gasteiger partial charge is 0.342 e. The molecule has 0 aliphatic rings. The Kier molecular flexibility index (Phi) is 5.63. The van der Waals surface area contributed by atoms with Gasteiger partial charge in [0.05, 0.1) is 6.04 Å². The van der Waals surface area contributed by atoms with E-state index in [0.717, 1.165) is 13.1 Å². The number of nitrogens with one attached hydrogen (secondary N) is 1. The summed E-state index contributed by atoms with van der Waals surface area (Å²) in [4.78, 5) is 0. The number of benzene rings is 1. The van der Waals surface area contributed by atoms with Gasteiger partial charge in [0.2, 0.25) is 0 Å². The minimum atomic E-state index is 0.385. The van der Waals surface area contributed by atoms with Crippen molar-refractivity contribution in [1.82, 2.24) is 9.88 Å². The minimum absolute atomic E-state index is 0.385. The molecule has 0 amide bonds. The number of nitrogens with zero attached hydrogens (tertiary/aromatic N) is 1. The first kappa shape index (κ1) is 15.8. The number of aryl methyl sites for hydroxylation is 1. The third kappa shape index (κ3) is 3.76. The molecule has 0 spiro atoms. The SMILES string of the molecule is CCCCNCc1cc(C)n([C@H](C)c2ccccc2)c1C. The van der Waals surface area contributed by atoms with Crippen LogP contribution in [0.15, 0.2) is 36.4 Å². The molecule has 0 aliphatic heterocycles. The van der Waals surface area contributed by atoms with Crippen LogP contribution in [0.5, 0.6) is 0 Å². The van der Waals surface area contributed by atoms with E-state index in [9.17, 15) is 0 Å². The molecule has 1 aromatic heterocycles. The highest BCUT2D eigenvalue weighted by Gasteiger charge is 2.15. The van der Waals surface area contributed by atoms with Crippen molar-refractivity contribution in [1.29, 1.82) is 0 Å². The molecule has 1 atom stereocenters. The van der Waals surface area contributed by atoms with E-state index >= 15 is 0 Å². The van der Waals surface area contributed by atoms with E-state index in [2.05, 4.69) is 74.0 Å². The molecule has 114 valence electrons. The molecule has 2 heteroatoms. The Balaban J connectivity index is 2.15. The summed E-state index contributed by atoms with van der Waals surface area (Å²) in [5.74, 6) is 0. The maximum atomic E-state index is 3.55. The number of hydrogen-bond acceptors (Lipinski definition) is 1. The normalized spacial score (nSPS) is 12.6. The van der Waals surface area contributed by atoms with Crippen LogP contribution in [-0.4, -0.2) is 11.1 Å². The summed E-state index contributed by atoms with van der Waals surface area (Å²) < 4.78 is 2.45. The van der Waals surface area contributed by atoms with Gasteiger partial charge in [-0.2, -0.15) is 0 Å². The fourth-order valence-electron chi connectivity index (χ4n) is 3.03. The molecule has 1 N–H and O–H groups in total. The molecular formula is C19H28N2. The van der Waals surface area contributed by atoms with Gasteiger partial charge in [-0.05, 0) is 50.9 Å². The zero-order chi connectivity index (χ0) is 15.2. The highest BCUT2D eigenvalue weighted by Crippen LogP contribution is 2.25. The van der Waals surface area contributed by atoms with Gasteiger partial charge in [-0.1, -0.05) is 43.7 Å². The molecule has 0 aliphatic carbocycles. The van der Waals surface area contributed by atoms with Crippen LogP contribution < -0.4 is 5.32 Å². The Labute approximate surface area is 129 Å². The summed E-state index contributed by atoms with van der Waals surface area (Å²) in [5.41, 5.74) is 5.51. The van der Waals surface area contributed by atoms with Crippen LogP contribution in [0.2, 0.25) is 0 Å². The highest BCUT2D eigenvalue weighted by atomic mass is 15.0. The maximum absolute atomic E-state index is 3.55. The van der Waals surface area contributed by atoms with Gasteiger partial charge < -0.3 is 9.88 Å². The molecule has 2 aromatic rings. The van der Waals surface area contributed by atoms with Crippen LogP contribution in [0.3, 0.4) is 0 Å². The first-order chi connectivity index (χ1) is 10.1. The molecule has 0 fully saturated rings. The van der Waals surface area contributed by atoms with Crippen molar-refractivity contribution in [2.75, 3.05) is 6.54 Å². The third-order valence-electron chi connectivity index (χ3n) is 4.28. The fraction of sp³-hybridized carbons (Fsp3) is 0.474. The Bertz CT molecular complexity index is 554. The highest BCUT2D eigenvalue weighted by molar-refractivity contribution is 5.30. The predicted octanol–water partition coefficient (Wildman–Crippen LogP) is 4.60. The molecule has 2 rings (SSSR count). The van der Waals surface area contributed by atoms with E-state index in [4.69, 9.17) is 0 Å². The van der Waals surface area contributed by atoms with Crippen LogP contribution in [0.25, 0.3) is 0 Å². The van der Waals surface area contributed by atoms with Gasteiger partial charge in [-0.3, -0.25) is 0 Å². The molecule has 1 aromatic carbocycles. The fourth-order valence-corrected chi connectivity index (χ4v) is 3.03. The maximum Gasteiger partial charge on any atom is 0.0556 e. The lowest BCUT2D eigenvalue weighted by atomic mass is 10.1. The molecule has 1 heterocycles. The molecule has 0 saturated heterocycles. The van der Waals surface area contributed by atoms with Crippen molar-refractivity contribution in [2.24, 2.45) is 0 Å². The van der Waals surface area contributed by atoms with Gasteiger partial charge in [0.15, 0.2) is 0 Å². The van der Waals surface area contributed by atoms with Gasteiger partial charge in [-0.25, -0.2) is 0 Å². The van der Waals surface area contributed by atoms with E-state index < -0.39 is 0 Å². The Morgan fingerprint density at radius 3 is 2.52 bits per heavy atom. The van der Waals surface area contributed by atoms with Crippen LogP contribution in [0, 0.1) is 13.8 Å². The molecule has 2 nitrogen and oxygen atoms in total. The van der Waals surface area contributed by atoms with Crippen molar-refractivity contribution in [3.63, 3.8) is 0 Å². The second-order valence-electron chi connectivity index (χ2n) is 5.88. The summed E-state index contributed by atoms with van der Waals surface area (Å²) in [6.07, 6.45) is 2.50. The smallest absolute Gasteiger partial charge is 0.0556 e. The molecular weight excluding hydrogens is 256 g/mol. The van der Waals surface area contributed by atoms with E-state index in [1.807, 2.05) is 0 Å². The minimum Gasteiger partial charge on any atom is -0.342 e. The second-order valence-corrected chi connectivity index (χ2v) is 5.88. The van der Waals surface area contributed by atoms with Crippen molar-refractivity contribution < 1.29 is 0 Å². The van der Waals surface area contributed by atoms with Crippen LogP contribution in [-0.2, 0) is 6.54 Å². The summed E-state index contributed by atoms with van der Waals surface area (Å²) in [6, 6.07) is 13.4. The standard InChI is InChI=1S/C19H28N2/c1-5-6-12-20-14-19-13-15(2)21(17(19)4)16(3)18-10-8-7-9-11-18/h7-11,13,16,20H,5-6,12,14H2,1-4H3/t16-/m1/s1. The van der Waals surface area contributed by atoms with E-state index in [-0.39, 0.29) is 0 Å². The quantitative estimate of drug-likeness (QED) is 0.735. The third-order valence-corrected chi connectivity index (χ3v) is 4.28. The summed E-state index contributed by atoms with van der Waals surface area (Å²) in [6.45, 7) is 11.0. The van der Waals surface area contributed by atoms with E-state index in [0.29, 0.717) is 6.04 Å². The average Bonchev–Trinajstić information content (AvgIpc) is 2.78. The number of aromatic nitrogens is 1.